The fourth-order valence-electron chi connectivity index (χ4n) is 5.41. The highest BCUT2D eigenvalue weighted by atomic mass is 19.1. The van der Waals surface area contributed by atoms with Crippen LogP contribution < -0.4 is 20.1 Å². The fourth-order valence-corrected chi connectivity index (χ4v) is 5.41. The number of nitrogens with one attached hydrogen (secondary N) is 2. The van der Waals surface area contributed by atoms with Crippen LogP contribution in [0.2, 0.25) is 0 Å². The molecule has 38 heavy (non-hydrogen) atoms. The molecule has 0 bridgehead atoms. The Kier molecular flexibility index (Phi) is 7.01. The van der Waals surface area contributed by atoms with Gasteiger partial charge in [-0.15, -0.1) is 0 Å². The van der Waals surface area contributed by atoms with Crippen molar-refractivity contribution in [3.63, 3.8) is 0 Å². The average Bonchev–Trinajstić information content (AvgIpc) is 2.93. The number of hydrogen-bond donors (Lipinski definition) is 2. The van der Waals surface area contributed by atoms with E-state index in [4.69, 9.17) is 9.47 Å². The van der Waals surface area contributed by atoms with Crippen molar-refractivity contribution in [1.29, 1.82) is 0 Å². The molecule has 1 heterocycles. The van der Waals surface area contributed by atoms with E-state index in [1.165, 1.54) is 24.3 Å². The van der Waals surface area contributed by atoms with E-state index in [9.17, 15) is 14.0 Å². The molecule has 2 N–H and O–H groups in total. The van der Waals surface area contributed by atoms with Gasteiger partial charge in [0.15, 0.2) is 5.78 Å². The van der Waals surface area contributed by atoms with E-state index in [1.54, 1.807) is 26.4 Å². The van der Waals surface area contributed by atoms with Crippen LogP contribution in [0, 0.1) is 5.82 Å². The third kappa shape index (κ3) is 4.79. The number of hydrogen-bond acceptors (Lipinski definition) is 5. The molecule has 0 saturated heterocycles. The Morgan fingerprint density at radius 1 is 0.974 bits per heavy atom. The molecule has 0 saturated carbocycles. The third-order valence-electron chi connectivity index (χ3n) is 7.19. The monoisotopic (exact) mass is 512 g/mol. The van der Waals surface area contributed by atoms with Gasteiger partial charge in [0.1, 0.15) is 17.3 Å². The van der Waals surface area contributed by atoms with Crippen LogP contribution in [0.5, 0.6) is 11.5 Å². The van der Waals surface area contributed by atoms with Crippen LogP contribution >= 0.6 is 0 Å². The molecular weight excluding hydrogens is 483 g/mol. The van der Waals surface area contributed by atoms with Crippen molar-refractivity contribution in [2.24, 2.45) is 0 Å². The van der Waals surface area contributed by atoms with Crippen LogP contribution in [0.15, 0.2) is 95.3 Å². The van der Waals surface area contributed by atoms with Gasteiger partial charge in [-0.25, -0.2) is 4.39 Å². The second-order valence-electron chi connectivity index (χ2n) is 9.50. The minimum Gasteiger partial charge on any atom is -0.497 e. The van der Waals surface area contributed by atoms with E-state index in [2.05, 4.69) is 10.6 Å². The van der Waals surface area contributed by atoms with Gasteiger partial charge in [0.25, 0.3) is 5.91 Å². The molecule has 0 unspecified atom stereocenters. The lowest BCUT2D eigenvalue weighted by atomic mass is 9.71. The van der Waals surface area contributed by atoms with Crippen molar-refractivity contribution in [2.45, 2.75) is 31.6 Å². The quantitative estimate of drug-likeness (QED) is 0.434. The lowest BCUT2D eigenvalue weighted by Gasteiger charge is -2.37. The molecule has 6 nitrogen and oxygen atoms in total. The summed E-state index contributed by atoms with van der Waals surface area (Å²) in [4.78, 5) is 27.6. The van der Waals surface area contributed by atoms with E-state index in [0.29, 0.717) is 52.4 Å². The SMILES string of the molecule is COc1ccc(OC)c([C@H]2C(C(=O)Nc3ccc(F)cc3)=C(C)NC3=C2C(=O)C[C@H](c2ccccc2)C3)c1. The van der Waals surface area contributed by atoms with E-state index in [-0.39, 0.29) is 17.6 Å². The zero-order valence-electron chi connectivity index (χ0n) is 21.5. The van der Waals surface area contributed by atoms with Crippen LogP contribution in [-0.2, 0) is 9.59 Å². The van der Waals surface area contributed by atoms with Crippen molar-refractivity contribution < 1.29 is 23.5 Å². The predicted molar refractivity (Wildman–Crippen MR) is 144 cm³/mol. The van der Waals surface area contributed by atoms with Crippen LogP contribution in [0.25, 0.3) is 0 Å². The molecule has 3 aromatic rings. The number of carbonyl (C=O) groups excluding carboxylic acids is 2. The van der Waals surface area contributed by atoms with E-state index < -0.39 is 11.7 Å². The highest BCUT2D eigenvalue weighted by Gasteiger charge is 2.42. The van der Waals surface area contributed by atoms with E-state index >= 15 is 0 Å². The minimum atomic E-state index is -0.680. The second-order valence-corrected chi connectivity index (χ2v) is 9.50. The highest BCUT2D eigenvalue weighted by Crippen LogP contribution is 2.48. The van der Waals surface area contributed by atoms with Gasteiger partial charge in [-0.05, 0) is 67.3 Å². The number of allylic oxidation sites excluding steroid dienone is 3. The summed E-state index contributed by atoms with van der Waals surface area (Å²) < 4.78 is 24.6. The fraction of sp³-hybridized carbons (Fsp3) is 0.226. The maximum atomic E-state index is 13.9. The topological polar surface area (TPSA) is 76.7 Å². The molecule has 0 fully saturated rings. The minimum absolute atomic E-state index is 0.0259. The number of amides is 1. The number of benzene rings is 3. The summed E-state index contributed by atoms with van der Waals surface area (Å²) in [6, 6.07) is 20.9. The molecule has 2 atom stereocenters. The number of anilines is 1. The molecule has 5 rings (SSSR count). The first-order chi connectivity index (χ1) is 18.4. The number of carbonyl (C=O) groups is 2. The van der Waals surface area contributed by atoms with Gasteiger partial charge < -0.3 is 20.1 Å². The normalized spacial score (nSPS) is 19.0. The number of dihydropyridines is 1. The number of halogens is 1. The van der Waals surface area contributed by atoms with Gasteiger partial charge in [-0.3, -0.25) is 9.59 Å². The maximum absolute atomic E-state index is 13.9. The Hall–Kier alpha value is -4.39. The van der Waals surface area contributed by atoms with Gasteiger partial charge >= 0.3 is 0 Å². The highest BCUT2D eigenvalue weighted by molar-refractivity contribution is 6.10. The molecule has 1 amide bonds. The van der Waals surface area contributed by atoms with Gasteiger partial charge in [0.05, 0.1) is 20.1 Å². The first-order valence-corrected chi connectivity index (χ1v) is 12.5. The Labute approximate surface area is 221 Å². The Morgan fingerprint density at radius 3 is 2.39 bits per heavy atom. The van der Waals surface area contributed by atoms with Gasteiger partial charge in [-0.2, -0.15) is 0 Å². The maximum Gasteiger partial charge on any atom is 0.254 e. The Balaban J connectivity index is 1.62. The van der Waals surface area contributed by atoms with E-state index in [1.807, 2.05) is 43.3 Å². The summed E-state index contributed by atoms with van der Waals surface area (Å²) in [6.07, 6.45) is 0.970. The molecule has 0 aromatic heterocycles. The van der Waals surface area contributed by atoms with Crippen LogP contribution in [0.4, 0.5) is 10.1 Å². The summed E-state index contributed by atoms with van der Waals surface area (Å²) >= 11 is 0. The number of rotatable bonds is 6. The second kappa shape index (κ2) is 10.5. The van der Waals surface area contributed by atoms with Crippen molar-refractivity contribution in [1.82, 2.24) is 5.32 Å². The lowest BCUT2D eigenvalue weighted by Crippen LogP contribution is -2.37. The molecule has 2 aliphatic rings. The standard InChI is InChI=1S/C31H29FN2O4/c1-18-28(31(36)34-22-11-9-21(32)10-12-22)29(24-17-23(37-2)13-14-27(24)38-3)30-25(33-18)15-20(16-26(30)35)19-7-5-4-6-8-19/h4-14,17,20,29,33H,15-16H2,1-3H3,(H,34,36)/t20-,29+/m1/s1. The largest absolute Gasteiger partial charge is 0.497 e. The van der Waals surface area contributed by atoms with Gasteiger partial charge in [-0.1, -0.05) is 30.3 Å². The molecule has 3 aromatic carbocycles. The Bertz CT molecular complexity index is 1440. The summed E-state index contributed by atoms with van der Waals surface area (Å²) in [5, 5.41) is 6.26. The number of methoxy groups -OCH3 is 2. The summed E-state index contributed by atoms with van der Waals surface area (Å²) in [6.45, 7) is 1.83. The van der Waals surface area contributed by atoms with Crippen LogP contribution in [0.1, 0.15) is 42.7 Å². The van der Waals surface area contributed by atoms with Crippen LogP contribution in [0.3, 0.4) is 0 Å². The lowest BCUT2D eigenvalue weighted by molar-refractivity contribution is -0.116. The molecule has 0 radical (unpaired) electrons. The van der Waals surface area contributed by atoms with Crippen LogP contribution in [-0.4, -0.2) is 25.9 Å². The van der Waals surface area contributed by atoms with Gasteiger partial charge in [0.2, 0.25) is 0 Å². The van der Waals surface area contributed by atoms with Crippen molar-refractivity contribution in [3.05, 3.63) is 112 Å². The zero-order chi connectivity index (χ0) is 26.8. The van der Waals surface area contributed by atoms with Crippen molar-refractivity contribution >= 4 is 17.4 Å². The van der Waals surface area contributed by atoms with E-state index in [0.717, 1.165) is 11.3 Å². The first kappa shape index (κ1) is 25.3. The molecule has 194 valence electrons. The molecular formula is C31H29FN2O4. The molecule has 0 spiro atoms. The average molecular weight is 513 g/mol. The summed E-state index contributed by atoms with van der Waals surface area (Å²) in [7, 11) is 3.13. The number of ketones is 1. The third-order valence-corrected chi connectivity index (χ3v) is 7.19. The zero-order valence-corrected chi connectivity index (χ0v) is 21.5. The Morgan fingerprint density at radius 2 is 1.71 bits per heavy atom. The predicted octanol–water partition coefficient (Wildman–Crippen LogP) is 5.84. The molecule has 1 aliphatic heterocycles. The smallest absolute Gasteiger partial charge is 0.254 e. The number of Topliss-reactive ketones (excluding diaryl/α,β-unsaturated/α-hetero) is 1. The summed E-state index contributed by atoms with van der Waals surface area (Å²) in [5.74, 6) is -0.327. The van der Waals surface area contributed by atoms with Crippen molar-refractivity contribution in [3.8, 4) is 11.5 Å². The number of ether oxygens (including phenoxy) is 2. The molecule has 1 aliphatic carbocycles. The first-order valence-electron chi connectivity index (χ1n) is 12.5. The van der Waals surface area contributed by atoms with Crippen molar-refractivity contribution in [2.75, 3.05) is 19.5 Å². The summed E-state index contributed by atoms with van der Waals surface area (Å²) in [5.41, 5.74) is 4.61. The molecule has 7 heteroatoms. The van der Waals surface area contributed by atoms with Gasteiger partial charge in [0, 0.05) is 40.2 Å².